The van der Waals surface area contributed by atoms with Crippen LogP contribution in [0.5, 0.6) is 0 Å². The number of hydrogen-bond acceptors (Lipinski definition) is 2. The van der Waals surface area contributed by atoms with Gasteiger partial charge < -0.3 is 0 Å². The van der Waals surface area contributed by atoms with Crippen LogP contribution in [0.15, 0.2) is 0 Å². The van der Waals surface area contributed by atoms with Gasteiger partial charge in [0.1, 0.15) is 4.71 Å². The highest BCUT2D eigenvalue weighted by Gasteiger charge is 2.26. The van der Waals surface area contributed by atoms with E-state index in [1.54, 1.807) is 0 Å². The summed E-state index contributed by atoms with van der Waals surface area (Å²) in [5, 5.41) is 0. The molecule has 0 aromatic rings. The molecule has 1 unspecified atom stereocenters. The highest BCUT2D eigenvalue weighted by atomic mass is 35.7. The molecule has 0 amide bonds. The molecular formula is C7H12Cl2O2S. The molecule has 0 radical (unpaired) electrons. The molecule has 0 aliphatic heterocycles. The molecule has 1 fully saturated rings. The summed E-state index contributed by atoms with van der Waals surface area (Å²) in [7, 11) is 1.55. The van der Waals surface area contributed by atoms with E-state index in [-0.39, 0.29) is 0 Å². The Kier molecular flexibility index (Phi) is 3.68. The summed E-state index contributed by atoms with van der Waals surface area (Å²) in [6, 6.07) is 0. The fourth-order valence-electron chi connectivity index (χ4n) is 1.62. The zero-order valence-electron chi connectivity index (χ0n) is 6.67. The Balaban J connectivity index is 2.40. The molecule has 2 nitrogen and oxygen atoms in total. The molecule has 5 heteroatoms. The normalized spacial score (nSPS) is 22.8. The van der Waals surface area contributed by atoms with Gasteiger partial charge in [-0.05, 0) is 12.3 Å². The minimum Gasteiger partial charge on any atom is -0.211 e. The first-order valence-electron chi connectivity index (χ1n) is 4.07. The lowest BCUT2D eigenvalue weighted by molar-refractivity contribution is 0.512. The Morgan fingerprint density at radius 2 is 1.83 bits per heavy atom. The molecule has 12 heavy (non-hydrogen) atoms. The molecule has 1 aliphatic rings. The number of halogens is 2. The molecule has 1 atom stereocenters. The van der Waals surface area contributed by atoms with Crippen molar-refractivity contribution >= 4 is 31.3 Å². The molecule has 1 rings (SSSR count). The third-order valence-electron chi connectivity index (χ3n) is 2.30. The van der Waals surface area contributed by atoms with Crippen LogP contribution >= 0.6 is 22.3 Å². The molecule has 0 saturated heterocycles. The monoisotopic (exact) mass is 230 g/mol. The van der Waals surface area contributed by atoms with Crippen LogP contribution < -0.4 is 0 Å². The molecule has 72 valence electrons. The lowest BCUT2D eigenvalue weighted by atomic mass is 10.1. The maximum Gasteiger partial charge on any atom is 0.249 e. The van der Waals surface area contributed by atoms with Crippen LogP contribution in [0.2, 0.25) is 0 Å². The summed E-state index contributed by atoms with van der Waals surface area (Å²) in [4.78, 5) is 0. The van der Waals surface area contributed by atoms with E-state index in [1.165, 1.54) is 12.8 Å². The van der Waals surface area contributed by atoms with E-state index < -0.39 is 13.8 Å². The topological polar surface area (TPSA) is 34.1 Å². The molecule has 0 N–H and O–H groups in total. The second-order valence-corrected chi connectivity index (χ2v) is 6.87. The average Bonchev–Trinajstić information content (AvgIpc) is 2.37. The first-order valence-corrected chi connectivity index (χ1v) is 6.88. The number of rotatable bonds is 3. The van der Waals surface area contributed by atoms with Gasteiger partial charge in [0.25, 0.3) is 0 Å². The van der Waals surface area contributed by atoms with Gasteiger partial charge in [-0.1, -0.05) is 25.7 Å². The fourth-order valence-corrected chi connectivity index (χ4v) is 2.60. The quantitative estimate of drug-likeness (QED) is 0.552. The first kappa shape index (κ1) is 10.6. The van der Waals surface area contributed by atoms with E-state index >= 15 is 0 Å². The van der Waals surface area contributed by atoms with Gasteiger partial charge in [0, 0.05) is 10.7 Å². The number of hydrogen-bond donors (Lipinski definition) is 0. The lowest BCUT2D eigenvalue weighted by Gasteiger charge is -2.10. The molecule has 0 aromatic carbocycles. The van der Waals surface area contributed by atoms with Gasteiger partial charge in [-0.3, -0.25) is 0 Å². The lowest BCUT2D eigenvalue weighted by Crippen LogP contribution is -2.12. The fraction of sp³-hybridized carbons (Fsp3) is 1.00. The number of alkyl halides is 1. The van der Waals surface area contributed by atoms with Crippen LogP contribution in [0.25, 0.3) is 0 Å². The van der Waals surface area contributed by atoms with Gasteiger partial charge in [-0.25, -0.2) is 8.42 Å². The van der Waals surface area contributed by atoms with Gasteiger partial charge in [0.15, 0.2) is 0 Å². The van der Waals surface area contributed by atoms with Crippen LogP contribution in [0.1, 0.15) is 32.1 Å². The summed E-state index contributed by atoms with van der Waals surface area (Å²) >= 11 is 5.62. The second-order valence-electron chi connectivity index (χ2n) is 3.27. The van der Waals surface area contributed by atoms with Gasteiger partial charge in [-0.2, -0.15) is 0 Å². The van der Waals surface area contributed by atoms with E-state index in [2.05, 4.69) is 0 Å². The van der Waals surface area contributed by atoms with E-state index in [4.69, 9.17) is 22.3 Å². The Morgan fingerprint density at radius 3 is 2.25 bits per heavy atom. The highest BCUT2D eigenvalue weighted by molar-refractivity contribution is 8.15. The third kappa shape index (κ3) is 3.11. The molecule has 0 heterocycles. The van der Waals surface area contributed by atoms with E-state index in [1.807, 2.05) is 0 Å². The van der Waals surface area contributed by atoms with Crippen molar-refractivity contribution in [3.05, 3.63) is 0 Å². The molecule has 1 saturated carbocycles. The van der Waals surface area contributed by atoms with Crippen molar-refractivity contribution in [3.8, 4) is 0 Å². The van der Waals surface area contributed by atoms with Crippen LogP contribution in [-0.2, 0) is 9.05 Å². The van der Waals surface area contributed by atoms with Crippen LogP contribution in [-0.4, -0.2) is 13.1 Å². The summed E-state index contributed by atoms with van der Waals surface area (Å²) in [6.07, 6.45) is 5.08. The zero-order valence-corrected chi connectivity index (χ0v) is 9.00. The maximum absolute atomic E-state index is 10.8. The molecule has 1 aliphatic carbocycles. The Bertz CT molecular complexity index is 232. The minimum atomic E-state index is -3.55. The van der Waals surface area contributed by atoms with Crippen LogP contribution in [0, 0.1) is 5.92 Å². The largest absolute Gasteiger partial charge is 0.249 e. The van der Waals surface area contributed by atoms with Gasteiger partial charge >= 0.3 is 0 Å². The first-order chi connectivity index (χ1) is 5.50. The van der Waals surface area contributed by atoms with Crippen molar-refractivity contribution in [2.24, 2.45) is 5.92 Å². The summed E-state index contributed by atoms with van der Waals surface area (Å²) in [5.74, 6) is 0.459. The smallest absolute Gasteiger partial charge is 0.211 e. The van der Waals surface area contributed by atoms with Crippen molar-refractivity contribution in [3.63, 3.8) is 0 Å². The Labute approximate surface area is 82.7 Å². The van der Waals surface area contributed by atoms with E-state index in [0.29, 0.717) is 12.3 Å². The third-order valence-corrected chi connectivity index (χ3v) is 4.90. The van der Waals surface area contributed by atoms with Crippen molar-refractivity contribution in [1.82, 2.24) is 0 Å². The summed E-state index contributed by atoms with van der Waals surface area (Å²) in [6.45, 7) is 0. The minimum absolute atomic E-state index is 0.459. The summed E-state index contributed by atoms with van der Waals surface area (Å²) < 4.78 is 20.6. The molecule has 0 bridgehead atoms. The Morgan fingerprint density at radius 1 is 1.33 bits per heavy atom. The van der Waals surface area contributed by atoms with E-state index in [9.17, 15) is 8.42 Å². The molecule has 0 spiro atoms. The van der Waals surface area contributed by atoms with Gasteiger partial charge in [0.05, 0.1) is 0 Å². The van der Waals surface area contributed by atoms with Crippen LogP contribution in [0.4, 0.5) is 0 Å². The van der Waals surface area contributed by atoms with Crippen LogP contribution in [0.3, 0.4) is 0 Å². The molecule has 0 aromatic heterocycles. The van der Waals surface area contributed by atoms with Gasteiger partial charge in [0.2, 0.25) is 9.05 Å². The second kappa shape index (κ2) is 4.16. The predicted molar refractivity (Wildman–Crippen MR) is 51.0 cm³/mol. The zero-order chi connectivity index (χ0) is 9.19. The highest BCUT2D eigenvalue weighted by Crippen LogP contribution is 2.32. The SMILES string of the molecule is O=S(=O)(Cl)C(Cl)CC1CCCC1. The predicted octanol–water partition coefficient (Wildman–Crippen LogP) is 2.70. The summed E-state index contributed by atoms with van der Waals surface area (Å²) in [5.41, 5.74) is 0. The average molecular weight is 231 g/mol. The van der Waals surface area contributed by atoms with Crippen molar-refractivity contribution < 1.29 is 8.42 Å². The van der Waals surface area contributed by atoms with Crippen molar-refractivity contribution in [2.75, 3.05) is 0 Å². The van der Waals surface area contributed by atoms with Crippen molar-refractivity contribution in [1.29, 1.82) is 0 Å². The van der Waals surface area contributed by atoms with E-state index in [0.717, 1.165) is 12.8 Å². The van der Waals surface area contributed by atoms with Crippen molar-refractivity contribution in [2.45, 2.75) is 36.8 Å². The van der Waals surface area contributed by atoms with Gasteiger partial charge in [-0.15, -0.1) is 11.6 Å². The standard InChI is InChI=1S/C7H12Cl2O2S/c8-7(12(9,10)11)5-6-3-1-2-4-6/h6-7H,1-5H2. The molecular weight excluding hydrogens is 219 g/mol. The Hall–Kier alpha value is 0.530. The maximum atomic E-state index is 10.8.